The Kier molecular flexibility index (Phi) is 7.13. The first-order valence-corrected chi connectivity index (χ1v) is 10.2. The predicted molar refractivity (Wildman–Crippen MR) is 115 cm³/mol. The average molecular weight is 401 g/mol. The zero-order valence-electron chi connectivity index (χ0n) is 17.2. The molecule has 150 valence electrons. The van der Waals surface area contributed by atoms with Crippen LogP contribution in [0.2, 0.25) is 0 Å². The van der Waals surface area contributed by atoms with Crippen molar-refractivity contribution >= 4 is 35.2 Å². The van der Waals surface area contributed by atoms with Gasteiger partial charge in [-0.25, -0.2) is 0 Å². The van der Waals surface area contributed by atoms with E-state index >= 15 is 0 Å². The monoisotopic (exact) mass is 400 g/mol. The van der Waals surface area contributed by atoms with Gasteiger partial charge in [-0.3, -0.25) is 19.0 Å². The van der Waals surface area contributed by atoms with Gasteiger partial charge in [0.2, 0.25) is 5.91 Å². The number of rotatable bonds is 6. The molecule has 0 atom stereocenters. The fraction of sp³-hybridized carbons (Fsp3) is 0.409. The van der Waals surface area contributed by atoms with Gasteiger partial charge in [-0.1, -0.05) is 57.5 Å². The molecule has 0 bridgehead atoms. The first-order chi connectivity index (χ1) is 13.1. The van der Waals surface area contributed by atoms with Crippen molar-refractivity contribution in [2.45, 2.75) is 47.6 Å². The van der Waals surface area contributed by atoms with Crippen molar-refractivity contribution in [1.82, 2.24) is 9.88 Å². The van der Waals surface area contributed by atoms with Crippen LogP contribution in [0, 0.1) is 12.3 Å². The smallest absolute Gasteiger partial charge is 0.269 e. The molecule has 1 aromatic heterocycles. The minimum atomic E-state index is -0.560. The lowest BCUT2D eigenvalue weighted by Gasteiger charge is -2.12. The van der Waals surface area contributed by atoms with Crippen molar-refractivity contribution < 1.29 is 9.59 Å². The number of amides is 1. The summed E-state index contributed by atoms with van der Waals surface area (Å²) in [4.78, 5) is 37.6. The number of Topliss-reactive ketones (excluding diaryl/α,β-unsaturated/α-hetero) is 1. The summed E-state index contributed by atoms with van der Waals surface area (Å²) >= 11 is 1.24. The van der Waals surface area contributed by atoms with E-state index in [1.54, 1.807) is 6.08 Å². The third kappa shape index (κ3) is 5.76. The molecule has 0 saturated heterocycles. The highest BCUT2D eigenvalue weighted by Gasteiger charge is 2.20. The standard InChI is InChI=1S/C22H28N2O3S/c1-6-10-23-19(26)14-24-20(13-18(25)22(3,4)5)28-17(21(24)27)12-16-9-7-8-15(2)11-16/h7-9,11-13H,6,10,14H2,1-5H3,(H,23,26)/b17-12+,20-13-. The van der Waals surface area contributed by atoms with Gasteiger partial charge in [0.1, 0.15) is 11.2 Å². The number of carbonyl (C=O) groups excluding carboxylic acids is 2. The molecule has 0 saturated carbocycles. The maximum atomic E-state index is 13.0. The molecule has 1 aromatic carbocycles. The number of nitrogens with zero attached hydrogens (tertiary/aromatic N) is 1. The van der Waals surface area contributed by atoms with E-state index in [-0.39, 0.29) is 23.8 Å². The molecule has 0 spiro atoms. The molecule has 2 aromatic rings. The van der Waals surface area contributed by atoms with Gasteiger partial charge in [0.05, 0.1) is 4.53 Å². The van der Waals surface area contributed by atoms with Crippen molar-refractivity contribution in [3.8, 4) is 0 Å². The molecule has 2 rings (SSSR count). The number of thiazole rings is 1. The van der Waals surface area contributed by atoms with Gasteiger partial charge in [-0.05, 0) is 25.0 Å². The summed E-state index contributed by atoms with van der Waals surface area (Å²) < 4.78 is 2.39. The number of hydrogen-bond donors (Lipinski definition) is 1. The van der Waals surface area contributed by atoms with E-state index < -0.39 is 5.41 Å². The summed E-state index contributed by atoms with van der Waals surface area (Å²) in [5, 5.41) is 2.78. The summed E-state index contributed by atoms with van der Waals surface area (Å²) in [5.74, 6) is -0.319. The third-order valence-electron chi connectivity index (χ3n) is 4.14. The van der Waals surface area contributed by atoms with Crippen LogP contribution in [0.4, 0.5) is 0 Å². The molecule has 0 aliphatic carbocycles. The summed E-state index contributed by atoms with van der Waals surface area (Å²) in [6, 6.07) is 7.83. The number of benzene rings is 1. The first kappa shape index (κ1) is 21.8. The van der Waals surface area contributed by atoms with Crippen LogP contribution < -0.4 is 20.1 Å². The van der Waals surface area contributed by atoms with Gasteiger partial charge >= 0.3 is 0 Å². The SMILES string of the molecule is CCCNC(=O)Cn1c(=O)/c(=C\c2cccc(C)c2)s/c1=C\C(=O)C(C)(C)C. The van der Waals surface area contributed by atoms with Crippen LogP contribution in [-0.4, -0.2) is 22.8 Å². The van der Waals surface area contributed by atoms with Gasteiger partial charge < -0.3 is 5.32 Å². The van der Waals surface area contributed by atoms with Crippen LogP contribution in [0.3, 0.4) is 0 Å². The topological polar surface area (TPSA) is 68.2 Å². The average Bonchev–Trinajstić information content (AvgIpc) is 2.88. The molecule has 0 aliphatic heterocycles. The van der Waals surface area contributed by atoms with Crippen LogP contribution in [0.1, 0.15) is 45.2 Å². The second kappa shape index (κ2) is 9.15. The Balaban J connectivity index is 2.59. The molecule has 1 amide bonds. The van der Waals surface area contributed by atoms with Crippen molar-refractivity contribution in [3.05, 3.63) is 54.9 Å². The molecule has 6 heteroatoms. The van der Waals surface area contributed by atoms with E-state index in [0.29, 0.717) is 15.7 Å². The zero-order chi connectivity index (χ0) is 20.9. The summed E-state index contributed by atoms with van der Waals surface area (Å²) in [5.41, 5.74) is 1.19. The first-order valence-electron chi connectivity index (χ1n) is 9.42. The number of aromatic nitrogens is 1. The van der Waals surface area contributed by atoms with Gasteiger partial charge in [-0.2, -0.15) is 0 Å². The van der Waals surface area contributed by atoms with Crippen LogP contribution >= 0.6 is 11.3 Å². The van der Waals surface area contributed by atoms with Crippen LogP contribution in [-0.2, 0) is 16.1 Å². The summed E-state index contributed by atoms with van der Waals surface area (Å²) in [6.45, 7) is 9.90. The fourth-order valence-electron chi connectivity index (χ4n) is 2.50. The Labute approximate surface area is 169 Å². The van der Waals surface area contributed by atoms with Crippen LogP contribution in [0.15, 0.2) is 29.1 Å². The van der Waals surface area contributed by atoms with Crippen molar-refractivity contribution in [1.29, 1.82) is 0 Å². The normalized spacial score (nSPS) is 13.0. The van der Waals surface area contributed by atoms with Crippen molar-refractivity contribution in [3.63, 3.8) is 0 Å². The number of hydrogen-bond acceptors (Lipinski definition) is 4. The third-order valence-corrected chi connectivity index (χ3v) is 5.20. The maximum Gasteiger partial charge on any atom is 0.269 e. The van der Waals surface area contributed by atoms with Crippen molar-refractivity contribution in [2.75, 3.05) is 6.54 Å². The van der Waals surface area contributed by atoms with Gasteiger partial charge in [0, 0.05) is 18.0 Å². The molecule has 1 N–H and O–H groups in total. The van der Waals surface area contributed by atoms with Gasteiger partial charge in [0.25, 0.3) is 5.56 Å². The van der Waals surface area contributed by atoms with Crippen molar-refractivity contribution in [2.24, 2.45) is 5.41 Å². The van der Waals surface area contributed by atoms with E-state index in [0.717, 1.165) is 17.5 Å². The Morgan fingerprint density at radius 3 is 2.57 bits per heavy atom. The minimum absolute atomic E-state index is 0.0847. The lowest BCUT2D eigenvalue weighted by molar-refractivity contribution is -0.122. The molecule has 0 aliphatic rings. The Morgan fingerprint density at radius 2 is 1.96 bits per heavy atom. The largest absolute Gasteiger partial charge is 0.355 e. The van der Waals surface area contributed by atoms with Gasteiger partial charge in [0.15, 0.2) is 5.78 Å². The highest BCUT2D eigenvalue weighted by Crippen LogP contribution is 2.14. The second-order valence-corrected chi connectivity index (χ2v) is 8.93. The van der Waals surface area contributed by atoms with Crippen LogP contribution in [0.25, 0.3) is 12.2 Å². The molecule has 28 heavy (non-hydrogen) atoms. The Hall–Kier alpha value is -2.47. The highest BCUT2D eigenvalue weighted by atomic mass is 32.1. The van der Waals surface area contributed by atoms with Crippen LogP contribution in [0.5, 0.6) is 0 Å². The lowest BCUT2D eigenvalue weighted by atomic mass is 9.91. The lowest BCUT2D eigenvalue weighted by Crippen LogP contribution is -2.38. The van der Waals surface area contributed by atoms with Gasteiger partial charge in [-0.15, -0.1) is 11.3 Å². The molecular formula is C22H28N2O3S. The zero-order valence-corrected chi connectivity index (χ0v) is 18.0. The molecule has 0 fully saturated rings. The van der Waals surface area contributed by atoms with E-state index in [9.17, 15) is 14.4 Å². The van der Waals surface area contributed by atoms with E-state index in [4.69, 9.17) is 0 Å². The predicted octanol–water partition coefficient (Wildman–Crippen LogP) is 1.97. The maximum absolute atomic E-state index is 13.0. The number of carbonyl (C=O) groups is 2. The Bertz CT molecular complexity index is 1040. The quantitative estimate of drug-likeness (QED) is 0.806. The van der Waals surface area contributed by atoms with E-state index in [1.165, 1.54) is 22.0 Å². The fourth-order valence-corrected chi connectivity index (χ4v) is 3.54. The molecule has 1 heterocycles. The highest BCUT2D eigenvalue weighted by molar-refractivity contribution is 7.07. The molecule has 0 radical (unpaired) electrons. The summed E-state index contributed by atoms with van der Waals surface area (Å²) in [6.07, 6.45) is 4.10. The number of aryl methyl sites for hydroxylation is 1. The van der Waals surface area contributed by atoms with E-state index in [1.807, 2.05) is 58.9 Å². The molecule has 5 nitrogen and oxygen atoms in total. The Morgan fingerprint density at radius 1 is 1.25 bits per heavy atom. The number of nitrogens with one attached hydrogen (secondary N) is 1. The minimum Gasteiger partial charge on any atom is -0.355 e. The summed E-state index contributed by atoms with van der Waals surface area (Å²) in [7, 11) is 0. The molecule has 0 unspecified atom stereocenters. The second-order valence-electron chi connectivity index (χ2n) is 7.86. The molecular weight excluding hydrogens is 372 g/mol. The number of ketones is 1. The van der Waals surface area contributed by atoms with E-state index in [2.05, 4.69) is 5.32 Å².